The van der Waals surface area contributed by atoms with Gasteiger partial charge in [0.1, 0.15) is 0 Å². The Balaban J connectivity index is 2.28. The molecule has 0 aliphatic carbocycles. The quantitative estimate of drug-likeness (QED) is 0.834. The molecule has 5 heteroatoms. The second-order valence-corrected chi connectivity index (χ2v) is 5.40. The molecule has 0 radical (unpaired) electrons. The first kappa shape index (κ1) is 14.0. The van der Waals surface area contributed by atoms with Gasteiger partial charge in [0.25, 0.3) is 5.91 Å². The summed E-state index contributed by atoms with van der Waals surface area (Å²) < 4.78 is 14.6. The number of carbonyl (C=O) groups excluding carboxylic acids is 1. The standard InChI is InChI=1S/C14H10BrClFNO/c1-8-5-9(15)7-10(6-8)18-14(19)11-3-2-4-12(16)13(11)17/h2-7H,1H3,(H,18,19). The smallest absolute Gasteiger partial charge is 0.258 e. The SMILES string of the molecule is Cc1cc(Br)cc(NC(=O)c2cccc(Cl)c2F)c1. The summed E-state index contributed by atoms with van der Waals surface area (Å²) in [5.41, 5.74) is 1.50. The molecule has 0 heterocycles. The minimum Gasteiger partial charge on any atom is -0.322 e. The van der Waals surface area contributed by atoms with Crippen LogP contribution in [0.25, 0.3) is 0 Å². The van der Waals surface area contributed by atoms with Crippen LogP contribution in [0.5, 0.6) is 0 Å². The zero-order chi connectivity index (χ0) is 14.0. The first-order valence-electron chi connectivity index (χ1n) is 5.50. The van der Waals surface area contributed by atoms with E-state index >= 15 is 0 Å². The van der Waals surface area contributed by atoms with Crippen molar-refractivity contribution in [2.24, 2.45) is 0 Å². The lowest BCUT2D eigenvalue weighted by atomic mass is 10.1. The molecule has 2 nitrogen and oxygen atoms in total. The number of hydrogen-bond donors (Lipinski definition) is 1. The highest BCUT2D eigenvalue weighted by Crippen LogP contribution is 2.22. The van der Waals surface area contributed by atoms with Crippen LogP contribution in [0.1, 0.15) is 15.9 Å². The van der Waals surface area contributed by atoms with Crippen LogP contribution < -0.4 is 5.32 Å². The fourth-order valence-corrected chi connectivity index (χ4v) is 2.47. The number of amides is 1. The van der Waals surface area contributed by atoms with Crippen molar-refractivity contribution in [3.63, 3.8) is 0 Å². The molecule has 0 fully saturated rings. The predicted octanol–water partition coefficient (Wildman–Crippen LogP) is 4.80. The van der Waals surface area contributed by atoms with Crippen molar-refractivity contribution in [3.8, 4) is 0 Å². The Kier molecular flexibility index (Phi) is 4.22. The predicted molar refractivity (Wildman–Crippen MR) is 78.2 cm³/mol. The molecular weight excluding hydrogens is 333 g/mol. The van der Waals surface area contributed by atoms with E-state index in [1.54, 1.807) is 12.1 Å². The van der Waals surface area contributed by atoms with Gasteiger partial charge in [0.2, 0.25) is 0 Å². The van der Waals surface area contributed by atoms with Crippen molar-refractivity contribution >= 4 is 39.1 Å². The van der Waals surface area contributed by atoms with E-state index in [-0.39, 0.29) is 10.6 Å². The van der Waals surface area contributed by atoms with Gasteiger partial charge < -0.3 is 5.32 Å². The van der Waals surface area contributed by atoms with E-state index in [1.807, 2.05) is 13.0 Å². The zero-order valence-corrected chi connectivity index (χ0v) is 12.3. The molecule has 0 spiro atoms. The van der Waals surface area contributed by atoms with Crippen molar-refractivity contribution in [2.45, 2.75) is 6.92 Å². The van der Waals surface area contributed by atoms with Gasteiger partial charge in [0.15, 0.2) is 5.82 Å². The number of halogens is 3. The second kappa shape index (κ2) is 5.72. The molecule has 0 bridgehead atoms. The van der Waals surface area contributed by atoms with Gasteiger partial charge in [-0.25, -0.2) is 4.39 Å². The summed E-state index contributed by atoms with van der Waals surface area (Å²) in [5, 5.41) is 2.57. The minimum absolute atomic E-state index is 0.0712. The zero-order valence-electron chi connectivity index (χ0n) is 10.0. The second-order valence-electron chi connectivity index (χ2n) is 4.07. The third-order valence-electron chi connectivity index (χ3n) is 2.50. The topological polar surface area (TPSA) is 29.1 Å². The van der Waals surface area contributed by atoms with E-state index in [0.717, 1.165) is 10.0 Å². The van der Waals surface area contributed by atoms with Crippen molar-refractivity contribution < 1.29 is 9.18 Å². The van der Waals surface area contributed by atoms with Gasteiger partial charge in [0.05, 0.1) is 10.6 Å². The first-order chi connectivity index (χ1) is 8.97. The van der Waals surface area contributed by atoms with Gasteiger partial charge in [-0.05, 0) is 42.8 Å². The molecule has 98 valence electrons. The fraction of sp³-hybridized carbons (Fsp3) is 0.0714. The van der Waals surface area contributed by atoms with Gasteiger partial charge in [-0.15, -0.1) is 0 Å². The van der Waals surface area contributed by atoms with Crippen LogP contribution >= 0.6 is 27.5 Å². The molecule has 0 saturated carbocycles. The van der Waals surface area contributed by atoms with E-state index in [9.17, 15) is 9.18 Å². The molecule has 0 aliphatic heterocycles. The van der Waals surface area contributed by atoms with Crippen molar-refractivity contribution in [2.75, 3.05) is 5.32 Å². The van der Waals surface area contributed by atoms with Crippen LogP contribution in [0.4, 0.5) is 10.1 Å². The van der Waals surface area contributed by atoms with Crippen LogP contribution in [0.3, 0.4) is 0 Å². The van der Waals surface area contributed by atoms with Crippen molar-refractivity contribution in [1.82, 2.24) is 0 Å². The molecule has 0 atom stereocenters. The lowest BCUT2D eigenvalue weighted by molar-refractivity contribution is 0.102. The number of benzene rings is 2. The largest absolute Gasteiger partial charge is 0.322 e. The van der Waals surface area contributed by atoms with E-state index in [0.29, 0.717) is 5.69 Å². The van der Waals surface area contributed by atoms with Crippen LogP contribution in [0.15, 0.2) is 40.9 Å². The molecule has 1 N–H and O–H groups in total. The molecular formula is C14H10BrClFNO. The number of anilines is 1. The van der Waals surface area contributed by atoms with Crippen molar-refractivity contribution in [1.29, 1.82) is 0 Å². The summed E-state index contributed by atoms with van der Waals surface area (Å²) >= 11 is 8.99. The Morgan fingerprint density at radius 3 is 2.74 bits per heavy atom. The minimum atomic E-state index is -0.714. The Morgan fingerprint density at radius 2 is 2.05 bits per heavy atom. The van der Waals surface area contributed by atoms with Gasteiger partial charge in [0, 0.05) is 10.2 Å². The Bertz CT molecular complexity index is 625. The maximum absolute atomic E-state index is 13.7. The van der Waals surface area contributed by atoms with Gasteiger partial charge in [-0.3, -0.25) is 4.79 Å². The summed E-state index contributed by atoms with van der Waals surface area (Å²) in [6, 6.07) is 9.78. The maximum atomic E-state index is 13.7. The number of hydrogen-bond acceptors (Lipinski definition) is 1. The number of aryl methyl sites for hydroxylation is 1. The highest BCUT2D eigenvalue weighted by molar-refractivity contribution is 9.10. The third-order valence-corrected chi connectivity index (χ3v) is 3.25. The van der Waals surface area contributed by atoms with Gasteiger partial charge in [-0.1, -0.05) is 33.6 Å². The monoisotopic (exact) mass is 341 g/mol. The molecule has 0 aliphatic rings. The molecule has 2 rings (SSSR count). The first-order valence-corrected chi connectivity index (χ1v) is 6.67. The summed E-state index contributed by atoms with van der Waals surface area (Å²) in [6.07, 6.45) is 0. The maximum Gasteiger partial charge on any atom is 0.258 e. The Morgan fingerprint density at radius 1 is 1.32 bits per heavy atom. The van der Waals surface area contributed by atoms with Gasteiger partial charge in [-0.2, -0.15) is 0 Å². The third kappa shape index (κ3) is 3.33. The van der Waals surface area contributed by atoms with E-state index in [2.05, 4.69) is 21.2 Å². The number of rotatable bonds is 2. The molecule has 1 amide bonds. The summed E-state index contributed by atoms with van der Waals surface area (Å²) in [4.78, 5) is 12.0. The fourth-order valence-electron chi connectivity index (χ4n) is 1.69. The Hall–Kier alpha value is -1.39. The molecule has 2 aromatic carbocycles. The van der Waals surface area contributed by atoms with E-state index in [4.69, 9.17) is 11.6 Å². The van der Waals surface area contributed by atoms with E-state index < -0.39 is 11.7 Å². The summed E-state index contributed by atoms with van der Waals surface area (Å²) in [6.45, 7) is 1.90. The van der Waals surface area contributed by atoms with Gasteiger partial charge >= 0.3 is 0 Å². The molecule has 0 unspecified atom stereocenters. The van der Waals surface area contributed by atoms with Crippen LogP contribution in [-0.4, -0.2) is 5.91 Å². The van der Waals surface area contributed by atoms with Crippen LogP contribution in [0, 0.1) is 12.7 Å². The van der Waals surface area contributed by atoms with E-state index in [1.165, 1.54) is 18.2 Å². The van der Waals surface area contributed by atoms with Crippen LogP contribution in [-0.2, 0) is 0 Å². The van der Waals surface area contributed by atoms with Crippen molar-refractivity contribution in [3.05, 3.63) is 62.8 Å². The average molecular weight is 343 g/mol. The highest BCUT2D eigenvalue weighted by atomic mass is 79.9. The Labute approximate surface area is 123 Å². The normalized spacial score (nSPS) is 10.3. The summed E-state index contributed by atoms with van der Waals surface area (Å²) in [7, 11) is 0. The van der Waals surface area contributed by atoms with Crippen LogP contribution in [0.2, 0.25) is 5.02 Å². The lowest BCUT2D eigenvalue weighted by Gasteiger charge is -2.08. The average Bonchev–Trinajstić information content (AvgIpc) is 2.31. The lowest BCUT2D eigenvalue weighted by Crippen LogP contribution is -2.14. The molecule has 19 heavy (non-hydrogen) atoms. The summed E-state index contributed by atoms with van der Waals surface area (Å²) in [5.74, 6) is -1.24. The highest BCUT2D eigenvalue weighted by Gasteiger charge is 2.14. The molecule has 0 saturated heterocycles. The molecule has 2 aromatic rings. The number of carbonyl (C=O) groups is 1. The molecule has 0 aromatic heterocycles. The number of nitrogens with one attached hydrogen (secondary N) is 1.